The summed E-state index contributed by atoms with van der Waals surface area (Å²) < 4.78 is 3.23. The van der Waals surface area contributed by atoms with E-state index in [4.69, 9.17) is 5.26 Å². The average Bonchev–Trinajstić information content (AvgIpc) is 3.31. The zero-order valence-electron chi connectivity index (χ0n) is 17.6. The quantitative estimate of drug-likeness (QED) is 0.433. The molecule has 3 aromatic carbocycles. The number of hydrogen-bond acceptors (Lipinski definition) is 4. The minimum Gasteiger partial charge on any atom is -0.350 e. The average molecular weight is 446 g/mol. The van der Waals surface area contributed by atoms with Crippen LogP contribution in [0, 0.1) is 11.3 Å². The number of fused-ring (bicyclic) bond motifs is 1. The highest BCUT2D eigenvalue weighted by Crippen LogP contribution is 2.18. The molecule has 1 aliphatic heterocycles. The van der Waals surface area contributed by atoms with Crippen LogP contribution >= 0.6 is 0 Å². The second-order valence-corrected chi connectivity index (χ2v) is 8.82. The number of benzene rings is 3. The standard InChI is InChI=1S/C25H24N4O2S/c26-15-18-7-9-20(10-8-18)25(31)27-16-22-6-3-13-29(22)24(30)17-28-32-23-12-11-19-4-1-2-5-21(19)14-23/h1-2,4-5,7-12,14,22,28H,3,6,13,16-17H2,(H,27,31)/p+1/t22-/m0/s1. The summed E-state index contributed by atoms with van der Waals surface area (Å²) in [7, 11) is 0. The SMILES string of the molecule is N#Cc1ccc(C(=O)NC[C@@H]2CCCN2C(=O)CN[SH+]c2ccc3ccccc3c2)cc1. The van der Waals surface area contributed by atoms with Gasteiger partial charge in [-0.05, 0) is 60.0 Å². The molecule has 3 aromatic rings. The molecule has 1 saturated heterocycles. The number of amides is 2. The molecule has 32 heavy (non-hydrogen) atoms. The summed E-state index contributed by atoms with van der Waals surface area (Å²) in [5.74, 6) is -0.143. The molecule has 2 amide bonds. The van der Waals surface area contributed by atoms with Gasteiger partial charge in [-0.2, -0.15) is 5.26 Å². The van der Waals surface area contributed by atoms with Gasteiger partial charge in [0, 0.05) is 30.8 Å². The van der Waals surface area contributed by atoms with Gasteiger partial charge in [-0.25, -0.2) is 0 Å². The number of carbonyl (C=O) groups is 2. The maximum Gasteiger partial charge on any atom is 0.251 e. The third-order valence-corrected chi connectivity index (χ3v) is 6.50. The largest absolute Gasteiger partial charge is 0.350 e. The Labute approximate surface area is 191 Å². The number of nitrogens with zero attached hydrogens (tertiary/aromatic N) is 2. The first kappa shape index (κ1) is 21.9. The molecule has 0 aromatic heterocycles. The number of thiol groups is 1. The second kappa shape index (κ2) is 10.3. The van der Waals surface area contributed by atoms with Crippen LogP contribution in [-0.2, 0) is 16.7 Å². The summed E-state index contributed by atoms with van der Waals surface area (Å²) in [6.07, 6.45) is 1.81. The van der Waals surface area contributed by atoms with Gasteiger partial charge in [0.2, 0.25) is 5.91 Å². The van der Waals surface area contributed by atoms with Crippen molar-refractivity contribution >= 4 is 34.5 Å². The molecule has 162 valence electrons. The Morgan fingerprint density at radius 2 is 1.84 bits per heavy atom. The lowest BCUT2D eigenvalue weighted by Crippen LogP contribution is -2.46. The van der Waals surface area contributed by atoms with Crippen molar-refractivity contribution < 1.29 is 9.59 Å². The van der Waals surface area contributed by atoms with Crippen LogP contribution in [0.5, 0.6) is 0 Å². The summed E-state index contributed by atoms with van der Waals surface area (Å²) in [5, 5.41) is 14.2. The van der Waals surface area contributed by atoms with Crippen molar-refractivity contribution in [1.82, 2.24) is 14.9 Å². The van der Waals surface area contributed by atoms with Gasteiger partial charge in [0.25, 0.3) is 5.91 Å². The van der Waals surface area contributed by atoms with Crippen LogP contribution < -0.4 is 10.0 Å². The molecule has 4 rings (SSSR count). The van der Waals surface area contributed by atoms with Crippen molar-refractivity contribution in [2.45, 2.75) is 23.8 Å². The molecule has 0 unspecified atom stereocenters. The lowest BCUT2D eigenvalue weighted by molar-refractivity contribution is -0.130. The molecule has 1 heterocycles. The highest BCUT2D eigenvalue weighted by Gasteiger charge is 2.29. The van der Waals surface area contributed by atoms with E-state index in [-0.39, 0.29) is 24.4 Å². The summed E-state index contributed by atoms with van der Waals surface area (Å²) >= 11 is 0.904. The Morgan fingerprint density at radius 3 is 2.62 bits per heavy atom. The van der Waals surface area contributed by atoms with E-state index in [2.05, 4.69) is 40.4 Å². The Hall–Kier alpha value is -3.34. The monoisotopic (exact) mass is 445 g/mol. The maximum absolute atomic E-state index is 12.8. The van der Waals surface area contributed by atoms with E-state index >= 15 is 0 Å². The normalized spacial score (nSPS) is 15.5. The summed E-state index contributed by atoms with van der Waals surface area (Å²) in [6.45, 7) is 1.40. The molecule has 0 aliphatic carbocycles. The first-order valence-corrected chi connectivity index (χ1v) is 11.5. The number of nitriles is 1. The van der Waals surface area contributed by atoms with Gasteiger partial charge in [-0.15, -0.1) is 4.72 Å². The fourth-order valence-corrected chi connectivity index (χ4v) is 4.68. The van der Waals surface area contributed by atoms with E-state index in [1.54, 1.807) is 24.3 Å². The molecular formula is C25H25N4O2S+. The number of carbonyl (C=O) groups excluding carboxylic acids is 2. The van der Waals surface area contributed by atoms with Crippen LogP contribution in [-0.4, -0.2) is 42.4 Å². The Kier molecular flexibility index (Phi) is 7.05. The van der Waals surface area contributed by atoms with Gasteiger partial charge in [0.1, 0.15) is 6.54 Å². The third kappa shape index (κ3) is 5.28. The molecular weight excluding hydrogens is 420 g/mol. The minimum atomic E-state index is -0.193. The molecule has 7 heteroatoms. The first-order valence-electron chi connectivity index (χ1n) is 10.6. The molecule has 1 aliphatic rings. The number of likely N-dealkylation sites (tertiary alicyclic amines) is 1. The van der Waals surface area contributed by atoms with E-state index in [0.29, 0.717) is 24.2 Å². The highest BCUT2D eigenvalue weighted by molar-refractivity contribution is 7.76. The van der Waals surface area contributed by atoms with Crippen molar-refractivity contribution in [1.29, 1.82) is 5.26 Å². The van der Waals surface area contributed by atoms with E-state index in [1.807, 2.05) is 23.1 Å². The van der Waals surface area contributed by atoms with Crippen molar-refractivity contribution in [2.75, 3.05) is 19.6 Å². The zero-order valence-corrected chi connectivity index (χ0v) is 18.5. The predicted molar refractivity (Wildman–Crippen MR) is 127 cm³/mol. The van der Waals surface area contributed by atoms with Crippen LogP contribution in [0.3, 0.4) is 0 Å². The lowest BCUT2D eigenvalue weighted by Gasteiger charge is -2.24. The van der Waals surface area contributed by atoms with E-state index in [1.165, 1.54) is 10.8 Å². The van der Waals surface area contributed by atoms with Crippen LogP contribution in [0.4, 0.5) is 0 Å². The molecule has 0 saturated carbocycles. The Bertz CT molecular complexity index is 1160. The molecule has 0 radical (unpaired) electrons. The molecule has 2 N–H and O–H groups in total. The molecule has 1 fully saturated rings. The molecule has 0 spiro atoms. The van der Waals surface area contributed by atoms with E-state index in [9.17, 15) is 9.59 Å². The number of nitrogens with one attached hydrogen (secondary N) is 2. The minimum absolute atomic E-state index is 0.00367. The molecule has 0 bridgehead atoms. The van der Waals surface area contributed by atoms with Gasteiger partial charge in [0.15, 0.2) is 4.90 Å². The van der Waals surface area contributed by atoms with Gasteiger partial charge in [-0.1, -0.05) is 24.3 Å². The summed E-state index contributed by atoms with van der Waals surface area (Å²) in [4.78, 5) is 28.1. The number of rotatable bonds is 7. The van der Waals surface area contributed by atoms with Crippen LogP contribution in [0.1, 0.15) is 28.8 Å². The van der Waals surface area contributed by atoms with Crippen LogP contribution in [0.2, 0.25) is 0 Å². The van der Waals surface area contributed by atoms with E-state index in [0.717, 1.165) is 29.7 Å². The van der Waals surface area contributed by atoms with Gasteiger partial charge in [0.05, 0.1) is 23.6 Å². The first-order chi connectivity index (χ1) is 15.6. The Balaban J connectivity index is 1.26. The summed E-state index contributed by atoms with van der Waals surface area (Å²) in [5.41, 5.74) is 1.03. The summed E-state index contributed by atoms with van der Waals surface area (Å²) in [6, 6.07) is 23.1. The third-order valence-electron chi connectivity index (χ3n) is 5.64. The van der Waals surface area contributed by atoms with Crippen molar-refractivity contribution in [3.8, 4) is 6.07 Å². The Morgan fingerprint density at radius 1 is 1.06 bits per heavy atom. The fourth-order valence-electron chi connectivity index (χ4n) is 3.93. The topological polar surface area (TPSA) is 85.2 Å². The van der Waals surface area contributed by atoms with Crippen molar-refractivity contribution in [2.24, 2.45) is 0 Å². The maximum atomic E-state index is 12.8. The molecule has 6 nitrogen and oxygen atoms in total. The van der Waals surface area contributed by atoms with Crippen molar-refractivity contribution in [3.63, 3.8) is 0 Å². The van der Waals surface area contributed by atoms with Crippen LogP contribution in [0.25, 0.3) is 10.8 Å². The second-order valence-electron chi connectivity index (χ2n) is 7.76. The van der Waals surface area contributed by atoms with Crippen LogP contribution in [0.15, 0.2) is 71.6 Å². The smallest absolute Gasteiger partial charge is 0.251 e. The lowest BCUT2D eigenvalue weighted by atomic mass is 10.1. The fraction of sp³-hybridized carbons (Fsp3) is 0.240. The predicted octanol–water partition coefficient (Wildman–Crippen LogP) is 2.81. The highest BCUT2D eigenvalue weighted by atomic mass is 32.2. The number of hydrogen-bond donors (Lipinski definition) is 2. The van der Waals surface area contributed by atoms with Gasteiger partial charge >= 0.3 is 0 Å². The molecule has 1 atom stereocenters. The van der Waals surface area contributed by atoms with Gasteiger partial charge < -0.3 is 10.2 Å². The van der Waals surface area contributed by atoms with Crippen molar-refractivity contribution in [3.05, 3.63) is 77.9 Å². The van der Waals surface area contributed by atoms with Gasteiger partial charge in [-0.3, -0.25) is 9.59 Å². The van der Waals surface area contributed by atoms with E-state index < -0.39 is 0 Å². The zero-order chi connectivity index (χ0) is 22.3.